The highest BCUT2D eigenvalue weighted by Crippen LogP contribution is 1.76. The van der Waals surface area contributed by atoms with Gasteiger partial charge in [0.1, 0.15) is 0 Å². The summed E-state index contributed by atoms with van der Waals surface area (Å²) in [4.78, 5) is 10.5. The van der Waals surface area contributed by atoms with Gasteiger partial charge in [-0.2, -0.15) is 0 Å². The average Bonchev–Trinajstić information content (AvgIpc) is 2.04. The number of rotatable bonds is 5. The summed E-state index contributed by atoms with van der Waals surface area (Å²) in [6, 6.07) is 0. The maximum Gasteiger partial charge on any atom is 0.330 e. The number of carbonyl (C=O) groups is 1. The van der Waals surface area contributed by atoms with E-state index in [0.29, 0.717) is 0 Å². The maximum absolute atomic E-state index is 10.5. The monoisotopic (exact) mass is 157 g/mol. The van der Waals surface area contributed by atoms with Crippen molar-refractivity contribution < 1.29 is 9.53 Å². The van der Waals surface area contributed by atoms with Crippen molar-refractivity contribution in [1.82, 2.24) is 5.32 Å². The highest BCUT2D eigenvalue weighted by atomic mass is 16.5. The summed E-state index contributed by atoms with van der Waals surface area (Å²) in [5, 5.41) is 3.12. The number of ether oxygens (including phenoxy) is 1. The summed E-state index contributed by atoms with van der Waals surface area (Å²) < 4.78 is 4.40. The molecule has 0 aromatic heterocycles. The van der Waals surface area contributed by atoms with Crippen molar-refractivity contribution in [3.8, 4) is 0 Å². The first kappa shape index (κ1) is 10.2. The molecule has 0 aromatic carbocycles. The molecule has 1 N–H and O–H groups in total. The van der Waals surface area contributed by atoms with Gasteiger partial charge in [-0.1, -0.05) is 13.0 Å². The second kappa shape index (κ2) is 7.28. The van der Waals surface area contributed by atoms with Crippen LogP contribution in [0.3, 0.4) is 0 Å². The Balaban J connectivity index is 3.22. The molecule has 11 heavy (non-hydrogen) atoms. The van der Waals surface area contributed by atoms with E-state index in [-0.39, 0.29) is 5.97 Å². The van der Waals surface area contributed by atoms with Gasteiger partial charge < -0.3 is 10.1 Å². The topological polar surface area (TPSA) is 38.3 Å². The van der Waals surface area contributed by atoms with E-state index in [1.54, 1.807) is 6.08 Å². The number of methoxy groups -OCH3 is 1. The summed E-state index contributed by atoms with van der Waals surface area (Å²) >= 11 is 0. The lowest BCUT2D eigenvalue weighted by atomic mass is 10.4. The Morgan fingerprint density at radius 1 is 1.64 bits per heavy atom. The van der Waals surface area contributed by atoms with Gasteiger partial charge >= 0.3 is 5.97 Å². The van der Waals surface area contributed by atoms with Gasteiger partial charge in [0, 0.05) is 12.6 Å². The summed E-state index contributed by atoms with van der Waals surface area (Å²) in [6.45, 7) is 3.80. The molecule has 3 heteroatoms. The van der Waals surface area contributed by atoms with E-state index in [0.717, 1.165) is 19.5 Å². The number of nitrogens with one attached hydrogen (secondary N) is 1. The third-order valence-electron chi connectivity index (χ3n) is 1.14. The van der Waals surface area contributed by atoms with Gasteiger partial charge in [-0.25, -0.2) is 4.79 Å². The molecular weight excluding hydrogens is 142 g/mol. The van der Waals surface area contributed by atoms with Crippen LogP contribution in [0.1, 0.15) is 13.3 Å². The first-order chi connectivity index (χ1) is 5.31. The third-order valence-corrected chi connectivity index (χ3v) is 1.14. The lowest BCUT2D eigenvalue weighted by Crippen LogP contribution is -2.14. The molecule has 0 radical (unpaired) electrons. The van der Waals surface area contributed by atoms with Crippen LogP contribution in [0.15, 0.2) is 12.2 Å². The molecule has 0 saturated heterocycles. The van der Waals surface area contributed by atoms with Gasteiger partial charge in [-0.3, -0.25) is 0 Å². The Morgan fingerprint density at radius 3 is 2.91 bits per heavy atom. The SMILES string of the molecule is CCCNC/C=C/C(=O)OC. The summed E-state index contributed by atoms with van der Waals surface area (Å²) in [6.07, 6.45) is 4.27. The van der Waals surface area contributed by atoms with Gasteiger partial charge in [0.25, 0.3) is 0 Å². The molecule has 0 heterocycles. The molecule has 0 saturated carbocycles. The van der Waals surface area contributed by atoms with Gasteiger partial charge in [-0.05, 0) is 13.0 Å². The molecular formula is C8H15NO2. The zero-order valence-corrected chi connectivity index (χ0v) is 7.09. The second-order valence-corrected chi connectivity index (χ2v) is 2.13. The van der Waals surface area contributed by atoms with Crippen molar-refractivity contribution in [2.24, 2.45) is 0 Å². The zero-order chi connectivity index (χ0) is 8.53. The van der Waals surface area contributed by atoms with E-state index < -0.39 is 0 Å². The largest absolute Gasteiger partial charge is 0.466 e. The lowest BCUT2D eigenvalue weighted by molar-refractivity contribution is -0.134. The molecule has 0 aromatic rings. The van der Waals surface area contributed by atoms with Crippen LogP contribution in [0, 0.1) is 0 Å². The number of hydrogen-bond donors (Lipinski definition) is 1. The predicted molar refractivity (Wildman–Crippen MR) is 44.3 cm³/mol. The van der Waals surface area contributed by atoms with Crippen LogP contribution in [0.2, 0.25) is 0 Å². The fourth-order valence-corrected chi connectivity index (χ4v) is 0.585. The van der Waals surface area contributed by atoms with Crippen molar-refractivity contribution in [1.29, 1.82) is 0 Å². The molecule has 0 aliphatic heterocycles. The van der Waals surface area contributed by atoms with Crippen LogP contribution in [0.25, 0.3) is 0 Å². The molecule has 0 aliphatic carbocycles. The first-order valence-electron chi connectivity index (χ1n) is 3.76. The highest BCUT2D eigenvalue weighted by Gasteiger charge is 1.87. The van der Waals surface area contributed by atoms with Crippen LogP contribution in [0.5, 0.6) is 0 Å². The molecule has 0 unspecified atom stereocenters. The Bertz CT molecular complexity index is 132. The molecule has 0 rings (SSSR count). The minimum absolute atomic E-state index is 0.303. The minimum Gasteiger partial charge on any atom is -0.466 e. The third kappa shape index (κ3) is 7.06. The zero-order valence-electron chi connectivity index (χ0n) is 7.09. The molecule has 0 bridgehead atoms. The van der Waals surface area contributed by atoms with E-state index in [1.807, 2.05) is 0 Å². The molecule has 0 aliphatic rings. The highest BCUT2D eigenvalue weighted by molar-refractivity contribution is 5.81. The van der Waals surface area contributed by atoms with E-state index in [2.05, 4.69) is 17.0 Å². The predicted octanol–water partition coefficient (Wildman–Crippen LogP) is 0.715. The first-order valence-corrected chi connectivity index (χ1v) is 3.76. The van der Waals surface area contributed by atoms with Crippen molar-refractivity contribution in [2.75, 3.05) is 20.2 Å². The normalized spacial score (nSPS) is 10.4. The van der Waals surface area contributed by atoms with Crippen LogP contribution >= 0.6 is 0 Å². The Hall–Kier alpha value is -0.830. The van der Waals surface area contributed by atoms with Crippen LogP contribution in [0.4, 0.5) is 0 Å². The molecule has 0 spiro atoms. The van der Waals surface area contributed by atoms with E-state index in [4.69, 9.17) is 0 Å². The fourth-order valence-electron chi connectivity index (χ4n) is 0.585. The second-order valence-electron chi connectivity index (χ2n) is 2.13. The number of hydrogen-bond acceptors (Lipinski definition) is 3. The Kier molecular flexibility index (Phi) is 6.73. The van der Waals surface area contributed by atoms with Crippen LogP contribution in [-0.4, -0.2) is 26.2 Å². The summed E-state index contributed by atoms with van der Waals surface area (Å²) in [7, 11) is 1.37. The number of esters is 1. The fraction of sp³-hybridized carbons (Fsp3) is 0.625. The Morgan fingerprint density at radius 2 is 2.36 bits per heavy atom. The van der Waals surface area contributed by atoms with Gasteiger partial charge in [0.2, 0.25) is 0 Å². The van der Waals surface area contributed by atoms with Crippen LogP contribution < -0.4 is 5.32 Å². The molecule has 0 amide bonds. The van der Waals surface area contributed by atoms with Crippen molar-refractivity contribution in [3.05, 3.63) is 12.2 Å². The lowest BCUT2D eigenvalue weighted by Gasteiger charge is -1.95. The summed E-state index contributed by atoms with van der Waals surface area (Å²) in [5.41, 5.74) is 0. The van der Waals surface area contributed by atoms with Crippen molar-refractivity contribution >= 4 is 5.97 Å². The smallest absolute Gasteiger partial charge is 0.330 e. The summed E-state index contributed by atoms with van der Waals surface area (Å²) in [5.74, 6) is -0.303. The quantitative estimate of drug-likeness (QED) is 0.363. The molecule has 0 atom stereocenters. The molecule has 3 nitrogen and oxygen atoms in total. The van der Waals surface area contributed by atoms with E-state index in [9.17, 15) is 4.79 Å². The van der Waals surface area contributed by atoms with Crippen molar-refractivity contribution in [2.45, 2.75) is 13.3 Å². The van der Waals surface area contributed by atoms with E-state index in [1.165, 1.54) is 13.2 Å². The van der Waals surface area contributed by atoms with Gasteiger partial charge in [0.05, 0.1) is 7.11 Å². The van der Waals surface area contributed by atoms with Crippen molar-refractivity contribution in [3.63, 3.8) is 0 Å². The molecule has 64 valence electrons. The Labute approximate surface area is 67.4 Å². The van der Waals surface area contributed by atoms with Gasteiger partial charge in [-0.15, -0.1) is 0 Å². The van der Waals surface area contributed by atoms with E-state index >= 15 is 0 Å². The van der Waals surface area contributed by atoms with Gasteiger partial charge in [0.15, 0.2) is 0 Å². The number of carbonyl (C=O) groups excluding carboxylic acids is 1. The molecule has 0 fully saturated rings. The van der Waals surface area contributed by atoms with Crippen LogP contribution in [-0.2, 0) is 9.53 Å². The maximum atomic E-state index is 10.5. The average molecular weight is 157 g/mol. The standard InChI is InChI=1S/C8H15NO2/c1-3-6-9-7-4-5-8(10)11-2/h4-5,9H,3,6-7H2,1-2H3/b5-4+. The minimum atomic E-state index is -0.303.